The van der Waals surface area contributed by atoms with Gasteiger partial charge in [-0.1, -0.05) is 22.9 Å². The smallest absolute Gasteiger partial charge is 0.261 e. The predicted molar refractivity (Wildman–Crippen MR) is 86.3 cm³/mol. The fraction of sp³-hybridized carbons (Fsp3) is 0.500. The van der Waals surface area contributed by atoms with Gasteiger partial charge in [0.15, 0.2) is 0 Å². The molecule has 1 saturated carbocycles. The van der Waals surface area contributed by atoms with Crippen molar-refractivity contribution in [2.24, 2.45) is 0 Å². The molecule has 0 aromatic heterocycles. The Morgan fingerprint density at radius 1 is 1.43 bits per heavy atom. The van der Waals surface area contributed by atoms with E-state index in [0.29, 0.717) is 15.6 Å². The predicted octanol–water partition coefficient (Wildman–Crippen LogP) is 3.75. The van der Waals surface area contributed by atoms with Crippen LogP contribution in [0.5, 0.6) is 0 Å². The Labute approximate surface area is 137 Å². The van der Waals surface area contributed by atoms with E-state index in [0.717, 1.165) is 25.7 Å². The number of hydrogen-bond donors (Lipinski definition) is 1. The van der Waals surface area contributed by atoms with Gasteiger partial charge in [0.1, 0.15) is 0 Å². The number of hydrogen-bond acceptors (Lipinski definition) is 3. The molecule has 1 aromatic carbocycles. The summed E-state index contributed by atoms with van der Waals surface area (Å²) in [6.45, 7) is 3.68. The number of benzene rings is 1. The topological polar surface area (TPSA) is 63.2 Å². The monoisotopic (exact) mass is 393 g/mol. The minimum Gasteiger partial charge on any atom is -0.347 e. The molecule has 116 valence electrons. The molecule has 0 heterocycles. The summed E-state index contributed by atoms with van der Waals surface area (Å²) in [7, 11) is 1.54. The van der Waals surface area contributed by atoms with Gasteiger partial charge < -0.3 is 5.32 Å². The van der Waals surface area contributed by atoms with Crippen molar-refractivity contribution in [3.63, 3.8) is 0 Å². The number of carbonyl (C=O) groups is 1. The SMILES string of the molecule is CCC1(NC(=O)c2cc(Br)c(C)c(S(=O)(=O)Cl)c2)CCC1. The van der Waals surface area contributed by atoms with E-state index in [-0.39, 0.29) is 16.3 Å². The lowest BCUT2D eigenvalue weighted by Gasteiger charge is -2.42. The van der Waals surface area contributed by atoms with E-state index >= 15 is 0 Å². The summed E-state index contributed by atoms with van der Waals surface area (Å²) >= 11 is 3.28. The summed E-state index contributed by atoms with van der Waals surface area (Å²) in [6.07, 6.45) is 3.89. The van der Waals surface area contributed by atoms with Gasteiger partial charge in [-0.25, -0.2) is 8.42 Å². The van der Waals surface area contributed by atoms with Crippen LogP contribution in [0.25, 0.3) is 0 Å². The van der Waals surface area contributed by atoms with Gasteiger partial charge in [0.25, 0.3) is 15.0 Å². The summed E-state index contributed by atoms with van der Waals surface area (Å²) in [6, 6.07) is 2.96. The third-order valence-corrected chi connectivity index (χ3v) is 6.46. The Kier molecular flexibility index (Phi) is 4.71. The molecular formula is C14H17BrClNO3S. The zero-order valence-corrected chi connectivity index (χ0v) is 15.0. The van der Waals surface area contributed by atoms with Crippen molar-refractivity contribution in [2.45, 2.75) is 50.0 Å². The number of amides is 1. The highest BCUT2D eigenvalue weighted by molar-refractivity contribution is 9.10. The van der Waals surface area contributed by atoms with Crippen molar-refractivity contribution in [2.75, 3.05) is 0 Å². The van der Waals surface area contributed by atoms with Crippen LogP contribution in [0.1, 0.15) is 48.5 Å². The van der Waals surface area contributed by atoms with Gasteiger partial charge in [-0.3, -0.25) is 4.79 Å². The molecule has 0 spiro atoms. The lowest BCUT2D eigenvalue weighted by molar-refractivity contribution is 0.0820. The van der Waals surface area contributed by atoms with Crippen LogP contribution in [0.15, 0.2) is 21.5 Å². The highest BCUT2D eigenvalue weighted by Gasteiger charge is 2.36. The molecule has 1 N–H and O–H groups in total. The third-order valence-electron chi connectivity index (χ3n) is 4.19. The zero-order valence-electron chi connectivity index (χ0n) is 11.9. The first kappa shape index (κ1) is 16.8. The Morgan fingerprint density at radius 3 is 2.48 bits per heavy atom. The Morgan fingerprint density at radius 2 is 2.05 bits per heavy atom. The summed E-state index contributed by atoms with van der Waals surface area (Å²) in [4.78, 5) is 12.3. The minimum absolute atomic E-state index is 0.0390. The fourth-order valence-electron chi connectivity index (χ4n) is 2.52. The fourth-order valence-corrected chi connectivity index (χ4v) is 4.34. The first-order valence-electron chi connectivity index (χ1n) is 6.76. The second kappa shape index (κ2) is 5.89. The number of nitrogens with one attached hydrogen (secondary N) is 1. The molecule has 0 bridgehead atoms. The number of rotatable bonds is 4. The summed E-state index contributed by atoms with van der Waals surface area (Å²) in [5.41, 5.74) is 0.649. The second-order valence-electron chi connectivity index (χ2n) is 5.46. The maximum absolute atomic E-state index is 12.4. The van der Waals surface area contributed by atoms with E-state index in [4.69, 9.17) is 10.7 Å². The summed E-state index contributed by atoms with van der Waals surface area (Å²) < 4.78 is 23.8. The molecule has 4 nitrogen and oxygen atoms in total. The van der Waals surface area contributed by atoms with Crippen molar-refractivity contribution in [1.82, 2.24) is 5.32 Å². The van der Waals surface area contributed by atoms with E-state index in [1.807, 2.05) is 6.92 Å². The van der Waals surface area contributed by atoms with Crippen molar-refractivity contribution in [3.8, 4) is 0 Å². The molecule has 0 atom stereocenters. The van der Waals surface area contributed by atoms with Crippen LogP contribution in [0, 0.1) is 6.92 Å². The van der Waals surface area contributed by atoms with Gasteiger partial charge in [-0.05, 0) is 50.3 Å². The van der Waals surface area contributed by atoms with E-state index in [2.05, 4.69) is 21.2 Å². The average Bonchev–Trinajstić information content (AvgIpc) is 2.35. The van der Waals surface area contributed by atoms with Crippen LogP contribution >= 0.6 is 26.6 Å². The molecule has 1 aromatic rings. The van der Waals surface area contributed by atoms with Gasteiger partial charge >= 0.3 is 0 Å². The van der Waals surface area contributed by atoms with Crippen LogP contribution in [-0.2, 0) is 9.05 Å². The zero-order chi connectivity index (χ0) is 15.8. The largest absolute Gasteiger partial charge is 0.347 e. The molecule has 1 fully saturated rings. The first-order chi connectivity index (χ1) is 9.68. The molecule has 21 heavy (non-hydrogen) atoms. The van der Waals surface area contributed by atoms with Crippen LogP contribution in [0.2, 0.25) is 0 Å². The molecule has 0 radical (unpaired) electrons. The third kappa shape index (κ3) is 3.43. The molecule has 0 saturated heterocycles. The van der Waals surface area contributed by atoms with Gasteiger partial charge in [0.2, 0.25) is 0 Å². The average molecular weight is 395 g/mol. The van der Waals surface area contributed by atoms with Gasteiger partial charge in [0.05, 0.1) is 4.90 Å². The highest BCUT2D eigenvalue weighted by Crippen LogP contribution is 2.35. The van der Waals surface area contributed by atoms with Crippen LogP contribution in [0.4, 0.5) is 0 Å². The van der Waals surface area contributed by atoms with Crippen molar-refractivity contribution in [1.29, 1.82) is 0 Å². The Bertz CT molecular complexity index is 678. The summed E-state index contributed by atoms with van der Waals surface area (Å²) in [5, 5.41) is 3.02. The van der Waals surface area contributed by atoms with Gasteiger partial charge in [0, 0.05) is 26.3 Å². The van der Waals surface area contributed by atoms with E-state index in [1.165, 1.54) is 6.07 Å². The number of carbonyl (C=O) groups excluding carboxylic acids is 1. The molecule has 1 amide bonds. The maximum atomic E-state index is 12.4. The van der Waals surface area contributed by atoms with Crippen LogP contribution in [-0.4, -0.2) is 19.9 Å². The maximum Gasteiger partial charge on any atom is 0.261 e. The molecule has 7 heteroatoms. The lowest BCUT2D eigenvalue weighted by atomic mass is 9.74. The normalized spacial score (nSPS) is 17.1. The highest BCUT2D eigenvalue weighted by atomic mass is 79.9. The van der Waals surface area contributed by atoms with E-state index in [1.54, 1.807) is 13.0 Å². The standard InChI is InChI=1S/C14H17BrClNO3S/c1-3-14(5-4-6-14)17-13(18)10-7-11(15)9(2)12(8-10)21(16,19)20/h7-8H,3-6H2,1-2H3,(H,17,18). The molecular weight excluding hydrogens is 378 g/mol. The second-order valence-corrected chi connectivity index (χ2v) is 8.85. The van der Waals surface area contributed by atoms with Crippen molar-refractivity contribution in [3.05, 3.63) is 27.7 Å². The molecule has 1 aliphatic rings. The first-order valence-corrected chi connectivity index (χ1v) is 9.86. The Hall–Kier alpha value is -0.590. The van der Waals surface area contributed by atoms with E-state index in [9.17, 15) is 13.2 Å². The molecule has 0 aliphatic heterocycles. The minimum atomic E-state index is -3.89. The quantitative estimate of drug-likeness (QED) is 0.791. The summed E-state index contributed by atoms with van der Waals surface area (Å²) in [5.74, 6) is -0.265. The molecule has 0 unspecified atom stereocenters. The van der Waals surface area contributed by atoms with E-state index < -0.39 is 9.05 Å². The van der Waals surface area contributed by atoms with Gasteiger partial charge in [-0.2, -0.15) is 0 Å². The van der Waals surface area contributed by atoms with Crippen molar-refractivity contribution >= 4 is 41.6 Å². The molecule has 2 rings (SSSR count). The lowest BCUT2D eigenvalue weighted by Crippen LogP contribution is -2.53. The Balaban J connectivity index is 2.36. The van der Waals surface area contributed by atoms with Gasteiger partial charge in [-0.15, -0.1) is 0 Å². The van der Waals surface area contributed by atoms with Crippen molar-refractivity contribution < 1.29 is 13.2 Å². The van der Waals surface area contributed by atoms with Crippen LogP contribution < -0.4 is 5.32 Å². The van der Waals surface area contributed by atoms with Crippen LogP contribution in [0.3, 0.4) is 0 Å². The number of halogens is 2. The molecule has 1 aliphatic carbocycles.